The van der Waals surface area contributed by atoms with Crippen LogP contribution in [-0.2, 0) is 4.74 Å². The van der Waals surface area contributed by atoms with Crippen molar-refractivity contribution in [2.45, 2.75) is 26.0 Å². The molecule has 1 aromatic carbocycles. The van der Waals surface area contributed by atoms with Gasteiger partial charge >= 0.3 is 6.03 Å². The van der Waals surface area contributed by atoms with Crippen molar-refractivity contribution < 1.29 is 9.53 Å². The lowest BCUT2D eigenvalue weighted by atomic mass is 10.1. The highest BCUT2D eigenvalue weighted by atomic mass is 16.5. The Morgan fingerprint density at radius 3 is 2.77 bits per heavy atom. The first-order chi connectivity index (χ1) is 10.6. The van der Waals surface area contributed by atoms with E-state index in [4.69, 9.17) is 4.74 Å². The number of nitrogens with zero attached hydrogens (tertiary/aromatic N) is 3. The van der Waals surface area contributed by atoms with E-state index in [9.17, 15) is 4.79 Å². The third-order valence-corrected chi connectivity index (χ3v) is 4.03. The summed E-state index contributed by atoms with van der Waals surface area (Å²) in [7, 11) is 0. The molecule has 0 bridgehead atoms. The van der Waals surface area contributed by atoms with Gasteiger partial charge in [-0.2, -0.15) is 5.10 Å². The van der Waals surface area contributed by atoms with E-state index in [0.29, 0.717) is 13.2 Å². The number of urea groups is 1. The molecule has 2 heterocycles. The van der Waals surface area contributed by atoms with Gasteiger partial charge in [0.15, 0.2) is 0 Å². The predicted molar refractivity (Wildman–Crippen MR) is 84.2 cm³/mol. The van der Waals surface area contributed by atoms with Crippen molar-refractivity contribution in [2.75, 3.05) is 18.5 Å². The van der Waals surface area contributed by atoms with Crippen LogP contribution in [0.5, 0.6) is 0 Å². The van der Waals surface area contributed by atoms with E-state index < -0.39 is 0 Å². The Morgan fingerprint density at radius 2 is 2.09 bits per heavy atom. The molecule has 1 aliphatic heterocycles. The second kappa shape index (κ2) is 6.19. The molecule has 1 saturated heterocycles. The van der Waals surface area contributed by atoms with Gasteiger partial charge in [-0.05, 0) is 44.2 Å². The Hall–Kier alpha value is -2.34. The van der Waals surface area contributed by atoms with E-state index in [1.54, 1.807) is 10.9 Å². The minimum absolute atomic E-state index is 0.0571. The average molecular weight is 300 g/mol. The summed E-state index contributed by atoms with van der Waals surface area (Å²) >= 11 is 0. The summed E-state index contributed by atoms with van der Waals surface area (Å²) < 4.78 is 7.32. The molecule has 2 aromatic rings. The first-order valence-electron chi connectivity index (χ1n) is 7.44. The predicted octanol–water partition coefficient (Wildman–Crippen LogP) is 2.51. The molecule has 0 radical (unpaired) electrons. The molecule has 116 valence electrons. The van der Waals surface area contributed by atoms with Gasteiger partial charge in [-0.15, -0.1) is 0 Å². The molecule has 0 unspecified atom stereocenters. The number of hydrogen-bond acceptors (Lipinski definition) is 3. The SMILES string of the molecule is C[C@@H]1OCCN(C(=O)Nc2ccc(-n3cccn3)cc2)[C@H]1C. The first-order valence-corrected chi connectivity index (χ1v) is 7.44. The molecule has 6 heteroatoms. The lowest BCUT2D eigenvalue weighted by Gasteiger charge is -2.37. The number of rotatable bonds is 2. The number of hydrogen-bond donors (Lipinski definition) is 1. The highest BCUT2D eigenvalue weighted by molar-refractivity contribution is 5.89. The molecule has 3 rings (SSSR count). The van der Waals surface area contributed by atoms with E-state index in [-0.39, 0.29) is 18.2 Å². The topological polar surface area (TPSA) is 59.4 Å². The Balaban J connectivity index is 1.66. The van der Waals surface area contributed by atoms with Crippen LogP contribution < -0.4 is 5.32 Å². The van der Waals surface area contributed by atoms with Gasteiger partial charge < -0.3 is 15.0 Å². The smallest absolute Gasteiger partial charge is 0.322 e. The van der Waals surface area contributed by atoms with Gasteiger partial charge in [0.25, 0.3) is 0 Å². The lowest BCUT2D eigenvalue weighted by Crippen LogP contribution is -2.52. The number of anilines is 1. The molecule has 1 N–H and O–H groups in total. The van der Waals surface area contributed by atoms with Gasteiger partial charge in [-0.25, -0.2) is 9.48 Å². The van der Waals surface area contributed by atoms with Crippen molar-refractivity contribution in [3.8, 4) is 5.69 Å². The van der Waals surface area contributed by atoms with Crippen LogP contribution in [0.4, 0.5) is 10.5 Å². The normalized spacial score (nSPS) is 21.6. The maximum atomic E-state index is 12.4. The Bertz CT molecular complexity index is 624. The first kappa shape index (κ1) is 14.6. The number of aromatic nitrogens is 2. The number of nitrogens with one attached hydrogen (secondary N) is 1. The minimum atomic E-state index is -0.0884. The summed E-state index contributed by atoms with van der Waals surface area (Å²) in [4.78, 5) is 14.2. The molecule has 22 heavy (non-hydrogen) atoms. The second-order valence-corrected chi connectivity index (χ2v) is 5.44. The largest absolute Gasteiger partial charge is 0.375 e. The summed E-state index contributed by atoms with van der Waals surface area (Å²) in [5.74, 6) is 0. The van der Waals surface area contributed by atoms with Gasteiger partial charge in [0.05, 0.1) is 24.4 Å². The molecule has 0 spiro atoms. The van der Waals surface area contributed by atoms with E-state index in [1.807, 2.05) is 55.3 Å². The van der Waals surface area contributed by atoms with Crippen LogP contribution in [0.2, 0.25) is 0 Å². The summed E-state index contributed by atoms with van der Waals surface area (Å²) in [6.07, 6.45) is 3.67. The van der Waals surface area contributed by atoms with Gasteiger partial charge in [-0.1, -0.05) is 0 Å². The van der Waals surface area contributed by atoms with Crippen molar-refractivity contribution in [1.82, 2.24) is 14.7 Å². The fraction of sp³-hybridized carbons (Fsp3) is 0.375. The lowest BCUT2D eigenvalue weighted by molar-refractivity contribution is -0.0355. The molecule has 1 aromatic heterocycles. The van der Waals surface area contributed by atoms with Crippen molar-refractivity contribution in [3.63, 3.8) is 0 Å². The second-order valence-electron chi connectivity index (χ2n) is 5.44. The molecule has 6 nitrogen and oxygen atoms in total. The highest BCUT2D eigenvalue weighted by Crippen LogP contribution is 2.17. The average Bonchev–Trinajstić information content (AvgIpc) is 3.05. The Morgan fingerprint density at radius 1 is 1.32 bits per heavy atom. The van der Waals surface area contributed by atoms with Crippen molar-refractivity contribution in [3.05, 3.63) is 42.7 Å². The quantitative estimate of drug-likeness (QED) is 0.927. The maximum Gasteiger partial charge on any atom is 0.322 e. The summed E-state index contributed by atoms with van der Waals surface area (Å²) in [5.41, 5.74) is 1.73. The van der Waals surface area contributed by atoms with Crippen LogP contribution >= 0.6 is 0 Å². The molecule has 2 amide bonds. The molecule has 1 aliphatic rings. The van der Waals surface area contributed by atoms with E-state index in [2.05, 4.69) is 10.4 Å². The number of ether oxygens (including phenoxy) is 1. The van der Waals surface area contributed by atoms with E-state index in [1.165, 1.54) is 0 Å². The fourth-order valence-electron chi connectivity index (χ4n) is 2.53. The third kappa shape index (κ3) is 2.96. The van der Waals surface area contributed by atoms with Gasteiger partial charge in [0.2, 0.25) is 0 Å². The molecule has 0 aliphatic carbocycles. The number of benzene rings is 1. The maximum absolute atomic E-state index is 12.4. The number of morpholine rings is 1. The van der Waals surface area contributed by atoms with E-state index in [0.717, 1.165) is 11.4 Å². The van der Waals surface area contributed by atoms with Gasteiger partial charge in [0.1, 0.15) is 0 Å². The van der Waals surface area contributed by atoms with Crippen LogP contribution in [-0.4, -0.2) is 46.0 Å². The van der Waals surface area contributed by atoms with Crippen LogP contribution in [0, 0.1) is 0 Å². The number of carbonyl (C=O) groups is 1. The monoisotopic (exact) mass is 300 g/mol. The van der Waals surface area contributed by atoms with Crippen molar-refractivity contribution in [1.29, 1.82) is 0 Å². The highest BCUT2D eigenvalue weighted by Gasteiger charge is 2.29. The number of amides is 2. The third-order valence-electron chi connectivity index (χ3n) is 4.03. The fourth-order valence-corrected chi connectivity index (χ4v) is 2.53. The van der Waals surface area contributed by atoms with E-state index >= 15 is 0 Å². The van der Waals surface area contributed by atoms with Crippen LogP contribution in [0.3, 0.4) is 0 Å². The van der Waals surface area contributed by atoms with Gasteiger partial charge in [-0.3, -0.25) is 0 Å². The zero-order chi connectivity index (χ0) is 15.5. The Kier molecular flexibility index (Phi) is 4.11. The Labute approximate surface area is 129 Å². The minimum Gasteiger partial charge on any atom is -0.375 e. The zero-order valence-corrected chi connectivity index (χ0v) is 12.8. The molecule has 0 saturated carbocycles. The van der Waals surface area contributed by atoms with Crippen LogP contribution in [0.15, 0.2) is 42.7 Å². The molecular formula is C16H20N4O2. The van der Waals surface area contributed by atoms with Gasteiger partial charge in [0, 0.05) is 24.6 Å². The zero-order valence-electron chi connectivity index (χ0n) is 12.8. The molecule has 1 fully saturated rings. The summed E-state index contributed by atoms with van der Waals surface area (Å²) in [6.45, 7) is 5.19. The van der Waals surface area contributed by atoms with Crippen LogP contribution in [0.25, 0.3) is 5.69 Å². The van der Waals surface area contributed by atoms with Crippen LogP contribution in [0.1, 0.15) is 13.8 Å². The summed E-state index contributed by atoms with van der Waals surface area (Å²) in [6, 6.07) is 9.46. The van der Waals surface area contributed by atoms with Crippen molar-refractivity contribution in [2.24, 2.45) is 0 Å². The number of carbonyl (C=O) groups excluding carboxylic acids is 1. The molecule has 2 atom stereocenters. The van der Waals surface area contributed by atoms with Crippen molar-refractivity contribution >= 4 is 11.7 Å². The molecular weight excluding hydrogens is 280 g/mol. The summed E-state index contributed by atoms with van der Waals surface area (Å²) in [5, 5.41) is 7.11. The standard InChI is InChI=1S/C16H20N4O2/c1-12-13(2)22-11-10-19(12)16(21)18-14-4-6-15(7-5-14)20-9-3-8-17-20/h3-9,12-13H,10-11H2,1-2H3,(H,18,21)/t12-,13-/m0/s1.